The predicted octanol–water partition coefficient (Wildman–Crippen LogP) is 3.94. The molecule has 0 aliphatic rings. The van der Waals surface area contributed by atoms with Crippen LogP contribution in [0, 0.1) is 11.3 Å². The smallest absolute Gasteiger partial charge is 0.0991 e. The van der Waals surface area contributed by atoms with Crippen LogP contribution < -0.4 is 0 Å². The van der Waals surface area contributed by atoms with Gasteiger partial charge in [-0.05, 0) is 34.4 Å². The number of nitriles is 1. The largest absolute Gasteiger partial charge is 0.192 e. The van der Waals surface area contributed by atoms with Crippen LogP contribution in [-0.4, -0.2) is 0 Å². The number of rotatable bonds is 2. The van der Waals surface area contributed by atoms with E-state index in [-0.39, 0.29) is 0 Å². The van der Waals surface area contributed by atoms with Gasteiger partial charge in [0, 0.05) is 0 Å². The van der Waals surface area contributed by atoms with Crippen molar-refractivity contribution >= 4 is 16.3 Å². The first-order chi connectivity index (χ1) is 7.74. The van der Waals surface area contributed by atoms with Gasteiger partial charge in [0.25, 0.3) is 0 Å². The fourth-order valence-electron chi connectivity index (χ4n) is 1.77. The maximum atomic E-state index is 8.79. The fraction of sp³-hybridized carbons (Fsp3) is 0.133. The van der Waals surface area contributed by atoms with E-state index in [0.29, 0.717) is 5.57 Å². The lowest BCUT2D eigenvalue weighted by Gasteiger charge is -2.03. The van der Waals surface area contributed by atoms with Gasteiger partial charge >= 0.3 is 0 Å². The maximum Gasteiger partial charge on any atom is 0.0991 e. The predicted molar refractivity (Wildman–Crippen MR) is 68.0 cm³/mol. The topological polar surface area (TPSA) is 23.8 Å². The van der Waals surface area contributed by atoms with Crippen LogP contribution in [-0.2, 0) is 6.42 Å². The van der Waals surface area contributed by atoms with Gasteiger partial charge in [0.15, 0.2) is 0 Å². The van der Waals surface area contributed by atoms with Crippen LogP contribution in [0.15, 0.2) is 43.0 Å². The van der Waals surface area contributed by atoms with Crippen LogP contribution in [0.25, 0.3) is 16.3 Å². The summed E-state index contributed by atoms with van der Waals surface area (Å²) in [6.45, 7) is 5.87. The summed E-state index contributed by atoms with van der Waals surface area (Å²) in [7, 11) is 0. The summed E-state index contributed by atoms with van der Waals surface area (Å²) in [5.41, 5.74) is 2.75. The average molecular weight is 207 g/mol. The Balaban J connectivity index is 2.57. The average Bonchev–Trinajstić information content (AvgIpc) is 2.36. The maximum absolute atomic E-state index is 8.79. The number of fused-ring (bicyclic) bond motifs is 1. The Bertz CT molecular complexity index is 588. The first-order valence-electron chi connectivity index (χ1n) is 5.36. The van der Waals surface area contributed by atoms with Crippen molar-refractivity contribution in [1.29, 1.82) is 5.26 Å². The van der Waals surface area contributed by atoms with Crippen molar-refractivity contribution in [3.05, 3.63) is 54.1 Å². The summed E-state index contributed by atoms with van der Waals surface area (Å²) < 4.78 is 0. The molecule has 16 heavy (non-hydrogen) atoms. The Morgan fingerprint density at radius 3 is 2.56 bits per heavy atom. The molecule has 0 fully saturated rings. The summed E-state index contributed by atoms with van der Waals surface area (Å²) >= 11 is 0. The number of allylic oxidation sites excluding steroid dienone is 1. The molecule has 2 rings (SSSR count). The summed E-state index contributed by atoms with van der Waals surface area (Å²) in [5.74, 6) is 0. The summed E-state index contributed by atoms with van der Waals surface area (Å²) in [6.07, 6.45) is 1.04. The number of hydrogen-bond acceptors (Lipinski definition) is 1. The molecule has 0 saturated carbocycles. The van der Waals surface area contributed by atoms with E-state index in [4.69, 9.17) is 5.26 Å². The second kappa shape index (κ2) is 4.20. The number of nitrogens with zero attached hydrogens (tertiary/aromatic N) is 1. The molecule has 0 atom stereocenters. The van der Waals surface area contributed by atoms with Crippen molar-refractivity contribution in [2.45, 2.75) is 13.3 Å². The Kier molecular flexibility index (Phi) is 2.74. The Morgan fingerprint density at radius 1 is 1.19 bits per heavy atom. The van der Waals surface area contributed by atoms with Gasteiger partial charge in [-0.25, -0.2) is 0 Å². The first kappa shape index (κ1) is 10.4. The molecule has 0 aromatic heterocycles. The van der Waals surface area contributed by atoms with E-state index in [2.05, 4.69) is 37.8 Å². The van der Waals surface area contributed by atoms with Crippen molar-refractivity contribution < 1.29 is 0 Å². The SMILES string of the molecule is C=C(C#N)c1ccc2cc(CC)ccc2c1. The van der Waals surface area contributed by atoms with Gasteiger partial charge in [-0.2, -0.15) is 5.26 Å². The van der Waals surface area contributed by atoms with Crippen LogP contribution in [0.2, 0.25) is 0 Å². The van der Waals surface area contributed by atoms with E-state index in [0.717, 1.165) is 17.4 Å². The molecule has 0 amide bonds. The molecule has 0 radical (unpaired) electrons. The zero-order valence-electron chi connectivity index (χ0n) is 9.33. The molecule has 1 nitrogen and oxygen atoms in total. The third kappa shape index (κ3) is 1.83. The van der Waals surface area contributed by atoms with Crippen molar-refractivity contribution in [2.24, 2.45) is 0 Å². The molecule has 0 aliphatic heterocycles. The normalized spacial score (nSPS) is 10.0. The lowest BCUT2D eigenvalue weighted by molar-refractivity contribution is 1.15. The Labute approximate surface area is 95.6 Å². The highest BCUT2D eigenvalue weighted by Gasteiger charge is 2.00. The van der Waals surface area contributed by atoms with Crippen molar-refractivity contribution in [3.8, 4) is 6.07 Å². The van der Waals surface area contributed by atoms with Gasteiger partial charge in [0.05, 0.1) is 11.6 Å². The van der Waals surface area contributed by atoms with Gasteiger partial charge in [-0.3, -0.25) is 0 Å². The zero-order chi connectivity index (χ0) is 11.5. The van der Waals surface area contributed by atoms with E-state index in [1.54, 1.807) is 0 Å². The van der Waals surface area contributed by atoms with E-state index in [1.165, 1.54) is 10.9 Å². The Morgan fingerprint density at radius 2 is 1.88 bits per heavy atom. The highest BCUT2D eigenvalue weighted by Crippen LogP contribution is 2.21. The second-order valence-corrected chi connectivity index (χ2v) is 3.84. The molecule has 0 aliphatic carbocycles. The van der Waals surface area contributed by atoms with E-state index in [1.807, 2.05) is 18.2 Å². The minimum Gasteiger partial charge on any atom is -0.192 e. The van der Waals surface area contributed by atoms with Crippen LogP contribution in [0.4, 0.5) is 0 Å². The summed E-state index contributed by atoms with van der Waals surface area (Å²) in [5, 5.41) is 11.2. The van der Waals surface area contributed by atoms with Crippen LogP contribution >= 0.6 is 0 Å². The molecule has 0 unspecified atom stereocenters. The molecule has 0 spiro atoms. The number of benzene rings is 2. The van der Waals surface area contributed by atoms with E-state index in [9.17, 15) is 0 Å². The molecule has 0 saturated heterocycles. The van der Waals surface area contributed by atoms with Gasteiger partial charge in [-0.15, -0.1) is 0 Å². The van der Waals surface area contributed by atoms with E-state index < -0.39 is 0 Å². The molecule has 0 heterocycles. The molecular weight excluding hydrogens is 194 g/mol. The lowest BCUT2D eigenvalue weighted by Crippen LogP contribution is -1.83. The monoisotopic (exact) mass is 207 g/mol. The number of aryl methyl sites for hydroxylation is 1. The van der Waals surface area contributed by atoms with Gasteiger partial charge in [-0.1, -0.05) is 43.8 Å². The van der Waals surface area contributed by atoms with Crippen molar-refractivity contribution in [1.82, 2.24) is 0 Å². The minimum absolute atomic E-state index is 0.515. The van der Waals surface area contributed by atoms with Crippen molar-refractivity contribution in [2.75, 3.05) is 0 Å². The van der Waals surface area contributed by atoms with Gasteiger partial charge in [0.1, 0.15) is 0 Å². The third-order valence-corrected chi connectivity index (χ3v) is 2.80. The summed E-state index contributed by atoms with van der Waals surface area (Å²) in [6, 6.07) is 14.5. The summed E-state index contributed by atoms with van der Waals surface area (Å²) in [4.78, 5) is 0. The number of hydrogen-bond donors (Lipinski definition) is 0. The Hall–Kier alpha value is -2.07. The standard InChI is InChI=1S/C15H13N/c1-3-12-4-5-15-9-13(11(2)10-16)6-7-14(15)8-12/h4-9H,2-3H2,1H3. The molecule has 1 heteroatoms. The van der Waals surface area contributed by atoms with Crippen LogP contribution in [0.3, 0.4) is 0 Å². The van der Waals surface area contributed by atoms with Gasteiger partial charge in [0.2, 0.25) is 0 Å². The second-order valence-electron chi connectivity index (χ2n) is 3.84. The molecule has 78 valence electrons. The quantitative estimate of drug-likeness (QED) is 0.684. The molecule has 0 N–H and O–H groups in total. The molecule has 2 aromatic rings. The molecule has 0 bridgehead atoms. The highest BCUT2D eigenvalue weighted by molar-refractivity contribution is 5.88. The van der Waals surface area contributed by atoms with Crippen molar-refractivity contribution in [3.63, 3.8) is 0 Å². The molecule has 2 aromatic carbocycles. The fourth-order valence-corrected chi connectivity index (χ4v) is 1.77. The van der Waals surface area contributed by atoms with Crippen LogP contribution in [0.5, 0.6) is 0 Å². The van der Waals surface area contributed by atoms with Gasteiger partial charge < -0.3 is 0 Å². The van der Waals surface area contributed by atoms with Crippen LogP contribution in [0.1, 0.15) is 18.1 Å². The minimum atomic E-state index is 0.515. The first-order valence-corrected chi connectivity index (χ1v) is 5.36. The molecular formula is C15H13N. The highest BCUT2D eigenvalue weighted by atomic mass is 14.2. The zero-order valence-corrected chi connectivity index (χ0v) is 9.33. The third-order valence-electron chi connectivity index (χ3n) is 2.80. The lowest BCUT2D eigenvalue weighted by atomic mass is 10.0. The van der Waals surface area contributed by atoms with E-state index >= 15 is 0 Å².